The lowest BCUT2D eigenvalue weighted by Crippen LogP contribution is -2.63. The van der Waals surface area contributed by atoms with Crippen molar-refractivity contribution >= 4 is 19.0 Å². The van der Waals surface area contributed by atoms with Gasteiger partial charge in [0.05, 0.1) is 11.6 Å². The van der Waals surface area contributed by atoms with E-state index in [4.69, 9.17) is 15.8 Å². The largest absolute Gasteiger partial charge is 0.479 e. The van der Waals surface area contributed by atoms with Crippen molar-refractivity contribution in [2.45, 2.75) is 43.3 Å². The molecule has 1 saturated heterocycles. The molecule has 0 radical (unpaired) electrons. The molecule has 2 rings (SSSR count). The summed E-state index contributed by atoms with van der Waals surface area (Å²) >= 11 is 0. The second-order valence-corrected chi connectivity index (χ2v) is 7.51. The van der Waals surface area contributed by atoms with Gasteiger partial charge in [-0.15, -0.1) is 0 Å². The Balaban J connectivity index is 2.04. The van der Waals surface area contributed by atoms with Crippen molar-refractivity contribution in [2.24, 2.45) is 11.7 Å². The van der Waals surface area contributed by atoms with Crippen molar-refractivity contribution in [1.29, 1.82) is 0 Å². The number of amides is 1. The van der Waals surface area contributed by atoms with Crippen LogP contribution in [0.3, 0.4) is 0 Å². The number of hydrogen-bond donors (Lipinski definition) is 6. The number of hydrogen-bond acceptors (Lipinski definition) is 6. The van der Waals surface area contributed by atoms with E-state index in [-0.39, 0.29) is 19.3 Å². The molecule has 12 heteroatoms. The smallest absolute Gasteiger partial charge is 0.451 e. The molecule has 1 aromatic rings. The van der Waals surface area contributed by atoms with Crippen molar-refractivity contribution in [3.8, 4) is 0 Å². The highest BCUT2D eigenvalue weighted by Gasteiger charge is 2.50. The van der Waals surface area contributed by atoms with Gasteiger partial charge in [0.1, 0.15) is 0 Å². The molecule has 1 amide bonds. The van der Waals surface area contributed by atoms with Gasteiger partial charge in [-0.05, 0) is 36.9 Å². The Morgan fingerprint density at radius 3 is 2.47 bits per heavy atom. The average Bonchev–Trinajstić information content (AvgIpc) is 3.05. The lowest BCUT2D eigenvalue weighted by Gasteiger charge is -2.32. The van der Waals surface area contributed by atoms with Gasteiger partial charge in [0.25, 0.3) is 0 Å². The van der Waals surface area contributed by atoms with Crippen molar-refractivity contribution in [2.75, 3.05) is 13.1 Å². The van der Waals surface area contributed by atoms with Gasteiger partial charge in [-0.3, -0.25) is 4.79 Å². The van der Waals surface area contributed by atoms with E-state index < -0.39 is 48.2 Å². The Labute approximate surface area is 171 Å². The van der Waals surface area contributed by atoms with Gasteiger partial charge < -0.3 is 31.5 Å². The zero-order valence-corrected chi connectivity index (χ0v) is 16.2. The molecule has 1 heterocycles. The fourth-order valence-electron chi connectivity index (χ4n) is 3.60. The summed E-state index contributed by atoms with van der Waals surface area (Å²) in [5.41, 5.74) is 3.87. The van der Waals surface area contributed by atoms with Gasteiger partial charge in [0.15, 0.2) is 5.54 Å². The van der Waals surface area contributed by atoms with Crippen LogP contribution in [0.15, 0.2) is 24.3 Å². The van der Waals surface area contributed by atoms with Crippen LogP contribution in [-0.2, 0) is 22.2 Å². The molecule has 1 aliphatic rings. The van der Waals surface area contributed by atoms with Crippen molar-refractivity contribution in [1.82, 2.24) is 10.6 Å². The lowest BCUT2D eigenvalue weighted by atomic mass is 9.78. The first kappa shape index (κ1) is 24.1. The summed E-state index contributed by atoms with van der Waals surface area (Å²) < 4.78 is 37.9. The minimum Gasteiger partial charge on any atom is -0.479 e. The summed E-state index contributed by atoms with van der Waals surface area (Å²) in [6.07, 6.45) is -3.76. The summed E-state index contributed by atoms with van der Waals surface area (Å²) in [6, 6.07) is 3.08. The predicted octanol–water partition coefficient (Wildman–Crippen LogP) is -0.0128. The maximum atomic E-state index is 12.6. The number of rotatable bonds is 9. The van der Waals surface area contributed by atoms with Gasteiger partial charge in [-0.2, -0.15) is 13.2 Å². The van der Waals surface area contributed by atoms with Crippen molar-refractivity contribution in [3.63, 3.8) is 0 Å². The van der Waals surface area contributed by atoms with Crippen LogP contribution in [0.1, 0.15) is 24.0 Å². The number of halogens is 3. The Kier molecular flexibility index (Phi) is 7.86. The number of nitrogens with two attached hydrogens (primary N) is 1. The van der Waals surface area contributed by atoms with E-state index in [0.29, 0.717) is 24.9 Å². The highest BCUT2D eigenvalue weighted by Crippen LogP contribution is 2.30. The third-order valence-electron chi connectivity index (χ3n) is 5.31. The minimum atomic E-state index is -4.47. The van der Waals surface area contributed by atoms with E-state index in [1.165, 1.54) is 12.1 Å². The third-order valence-corrected chi connectivity index (χ3v) is 5.31. The van der Waals surface area contributed by atoms with Crippen LogP contribution < -0.4 is 16.4 Å². The third kappa shape index (κ3) is 5.94. The van der Waals surface area contributed by atoms with Crippen LogP contribution in [0.5, 0.6) is 0 Å². The Morgan fingerprint density at radius 2 is 1.93 bits per heavy atom. The Bertz CT molecular complexity index is 748. The molecule has 30 heavy (non-hydrogen) atoms. The minimum absolute atomic E-state index is 0.0204. The van der Waals surface area contributed by atoms with Gasteiger partial charge in [0, 0.05) is 19.0 Å². The highest BCUT2D eigenvalue weighted by molar-refractivity contribution is 6.40. The number of carbonyl (C=O) groups is 2. The number of benzene rings is 1. The first-order valence-electron chi connectivity index (χ1n) is 9.49. The Hall–Kier alpha value is -2.15. The molecule has 1 aliphatic heterocycles. The molecule has 0 aromatic heterocycles. The number of aliphatic carboxylic acids is 1. The van der Waals surface area contributed by atoms with E-state index in [9.17, 15) is 27.9 Å². The molecule has 3 atom stereocenters. The van der Waals surface area contributed by atoms with E-state index in [0.717, 1.165) is 12.1 Å². The highest BCUT2D eigenvalue weighted by atomic mass is 19.4. The van der Waals surface area contributed by atoms with Gasteiger partial charge in [0.2, 0.25) is 5.91 Å². The molecule has 1 aromatic carbocycles. The van der Waals surface area contributed by atoms with Gasteiger partial charge in [-0.25, -0.2) is 4.79 Å². The number of alkyl halides is 3. The topological polar surface area (TPSA) is 145 Å². The zero-order valence-electron chi connectivity index (χ0n) is 16.2. The first-order chi connectivity index (χ1) is 14.0. The SMILES string of the molecule is N[C@@H](Cc1ccc(C(F)(F)F)cc1)C(=O)N[C@@]1(C(=O)O)CNC[C@@H]1CCCB(O)O. The average molecular weight is 431 g/mol. The van der Waals surface area contributed by atoms with Crippen LogP contribution in [0.25, 0.3) is 0 Å². The molecule has 1 fully saturated rings. The van der Waals surface area contributed by atoms with Gasteiger partial charge in [-0.1, -0.05) is 18.6 Å². The molecule has 166 valence electrons. The molecule has 7 N–H and O–H groups in total. The number of carboxylic acid groups (broad SMARTS) is 1. The summed E-state index contributed by atoms with van der Waals surface area (Å²) in [5.74, 6) is -2.46. The summed E-state index contributed by atoms with van der Waals surface area (Å²) in [5, 5.41) is 33.1. The fourth-order valence-corrected chi connectivity index (χ4v) is 3.60. The van der Waals surface area contributed by atoms with Crippen LogP contribution in [-0.4, -0.2) is 58.8 Å². The first-order valence-corrected chi connectivity index (χ1v) is 9.49. The maximum absolute atomic E-state index is 12.6. The summed E-state index contributed by atoms with van der Waals surface area (Å²) in [6.45, 7) is 0.301. The second kappa shape index (κ2) is 9.77. The van der Waals surface area contributed by atoms with E-state index in [1.54, 1.807) is 0 Å². The predicted molar refractivity (Wildman–Crippen MR) is 102 cm³/mol. The normalized spacial score (nSPS) is 22.5. The molecule has 0 bridgehead atoms. The quantitative estimate of drug-likeness (QED) is 0.302. The number of carbonyl (C=O) groups excluding carboxylic acids is 1. The van der Waals surface area contributed by atoms with Crippen LogP contribution in [0.2, 0.25) is 6.32 Å². The van der Waals surface area contributed by atoms with Crippen molar-refractivity contribution < 1.29 is 37.9 Å². The maximum Gasteiger partial charge on any atom is 0.451 e. The van der Waals surface area contributed by atoms with E-state index in [2.05, 4.69) is 10.6 Å². The molecule has 0 unspecified atom stereocenters. The van der Waals surface area contributed by atoms with E-state index >= 15 is 0 Å². The summed E-state index contributed by atoms with van der Waals surface area (Å²) in [4.78, 5) is 24.6. The standard InChI is InChI=1S/C18H25BF3N3O5/c20-18(21,22)12-5-3-11(4-6-12)8-14(23)15(26)25-17(16(27)28)10-24-9-13(17)2-1-7-19(29)30/h3-6,13-14,24,29-30H,1-2,7-10,23H2,(H,25,26)(H,27,28)/t13-,14-,17-/m0/s1. The molecule has 0 saturated carbocycles. The molecule has 0 aliphatic carbocycles. The molecule has 0 spiro atoms. The molecular weight excluding hydrogens is 406 g/mol. The molecular formula is C18H25BF3N3O5. The lowest BCUT2D eigenvalue weighted by molar-refractivity contribution is -0.149. The molecule has 8 nitrogen and oxygen atoms in total. The monoisotopic (exact) mass is 431 g/mol. The van der Waals surface area contributed by atoms with Gasteiger partial charge >= 0.3 is 19.3 Å². The second-order valence-electron chi connectivity index (χ2n) is 7.51. The summed E-state index contributed by atoms with van der Waals surface area (Å²) in [7, 11) is -1.50. The van der Waals surface area contributed by atoms with Crippen LogP contribution >= 0.6 is 0 Å². The van der Waals surface area contributed by atoms with Crippen LogP contribution in [0.4, 0.5) is 13.2 Å². The fraction of sp³-hybridized carbons (Fsp3) is 0.556. The Morgan fingerprint density at radius 1 is 1.30 bits per heavy atom. The van der Waals surface area contributed by atoms with Crippen LogP contribution in [0, 0.1) is 5.92 Å². The van der Waals surface area contributed by atoms with E-state index in [1.807, 2.05) is 0 Å². The number of nitrogens with one attached hydrogen (secondary N) is 2. The number of carboxylic acids is 1. The van der Waals surface area contributed by atoms with Crippen molar-refractivity contribution in [3.05, 3.63) is 35.4 Å². The zero-order chi connectivity index (χ0) is 22.5.